The minimum atomic E-state index is -0.390. The molecule has 0 aliphatic heterocycles. The van der Waals surface area contributed by atoms with Crippen molar-refractivity contribution in [3.8, 4) is 0 Å². The maximum atomic E-state index is 12.1. The minimum Gasteiger partial charge on any atom is -0.465 e. The van der Waals surface area contributed by atoms with Crippen LogP contribution in [0.25, 0.3) is 0 Å². The van der Waals surface area contributed by atoms with Crippen molar-refractivity contribution in [2.45, 2.75) is 22.7 Å². The summed E-state index contributed by atoms with van der Waals surface area (Å²) < 4.78 is 4.82. The van der Waals surface area contributed by atoms with E-state index in [0.29, 0.717) is 17.5 Å². The molecule has 0 spiro atoms. The van der Waals surface area contributed by atoms with E-state index in [1.54, 1.807) is 6.92 Å². The number of aromatic amines is 1. The summed E-state index contributed by atoms with van der Waals surface area (Å²) >= 11 is 2.43. The number of thioether (sulfide) groups is 2. The third kappa shape index (κ3) is 5.33. The van der Waals surface area contributed by atoms with Crippen LogP contribution < -0.4 is 11.3 Å². The molecule has 6 nitrogen and oxygen atoms in total. The first-order chi connectivity index (χ1) is 11.1. The van der Waals surface area contributed by atoms with Crippen molar-refractivity contribution < 1.29 is 9.53 Å². The first-order valence-electron chi connectivity index (χ1n) is 6.95. The molecular formula is C15H17N3O3S2. The monoisotopic (exact) mass is 351 g/mol. The fourth-order valence-corrected chi connectivity index (χ4v) is 3.27. The van der Waals surface area contributed by atoms with Gasteiger partial charge in [0.25, 0.3) is 5.56 Å². The molecule has 2 rings (SSSR count). The Morgan fingerprint density at radius 3 is 2.70 bits per heavy atom. The molecule has 0 unspecified atom stereocenters. The summed E-state index contributed by atoms with van der Waals surface area (Å²) in [6.45, 7) is 2.03. The predicted octanol–water partition coefficient (Wildman–Crippen LogP) is 2.30. The van der Waals surface area contributed by atoms with E-state index in [1.807, 2.05) is 30.3 Å². The zero-order valence-corrected chi connectivity index (χ0v) is 14.2. The van der Waals surface area contributed by atoms with Crippen LogP contribution in [0.5, 0.6) is 0 Å². The number of nitrogens with zero attached hydrogens (tertiary/aromatic N) is 1. The van der Waals surface area contributed by atoms with Crippen LogP contribution in [0.15, 0.2) is 45.2 Å². The number of hydrogen-bond donors (Lipinski definition) is 2. The number of esters is 1. The largest absolute Gasteiger partial charge is 0.465 e. The van der Waals surface area contributed by atoms with Crippen molar-refractivity contribution in [2.24, 2.45) is 0 Å². The quantitative estimate of drug-likeness (QED) is 0.449. The third-order valence-corrected chi connectivity index (χ3v) is 4.75. The van der Waals surface area contributed by atoms with Gasteiger partial charge in [-0.3, -0.25) is 9.59 Å². The molecule has 0 bridgehead atoms. The highest BCUT2D eigenvalue weighted by molar-refractivity contribution is 8.00. The average Bonchev–Trinajstić information content (AvgIpc) is 2.53. The van der Waals surface area contributed by atoms with Crippen LogP contribution in [0.2, 0.25) is 0 Å². The number of anilines is 1. The number of aromatic nitrogens is 2. The van der Waals surface area contributed by atoms with E-state index in [9.17, 15) is 9.59 Å². The average molecular weight is 351 g/mol. The maximum Gasteiger partial charge on any atom is 0.316 e. The zero-order valence-electron chi connectivity index (χ0n) is 12.6. The number of carbonyl (C=O) groups is 1. The summed E-state index contributed by atoms with van der Waals surface area (Å²) in [5.74, 6) is 0.440. The molecule has 0 saturated heterocycles. The van der Waals surface area contributed by atoms with Crippen molar-refractivity contribution in [3.63, 3.8) is 0 Å². The molecular weight excluding hydrogens is 334 g/mol. The molecule has 2 aromatic rings. The van der Waals surface area contributed by atoms with Crippen LogP contribution in [0.1, 0.15) is 12.5 Å². The van der Waals surface area contributed by atoms with Gasteiger partial charge in [0, 0.05) is 5.75 Å². The van der Waals surface area contributed by atoms with E-state index in [2.05, 4.69) is 9.97 Å². The smallest absolute Gasteiger partial charge is 0.316 e. The number of nitrogen functional groups attached to an aromatic ring is 1. The summed E-state index contributed by atoms with van der Waals surface area (Å²) in [6.07, 6.45) is 0. The fourth-order valence-electron chi connectivity index (χ4n) is 1.73. The molecule has 1 aromatic heterocycles. The number of hydrogen-bond acceptors (Lipinski definition) is 7. The van der Waals surface area contributed by atoms with Gasteiger partial charge < -0.3 is 15.5 Å². The lowest BCUT2D eigenvalue weighted by molar-refractivity contribution is -0.139. The van der Waals surface area contributed by atoms with Gasteiger partial charge in [0.1, 0.15) is 10.7 Å². The lowest BCUT2D eigenvalue weighted by atomic mass is 10.2. The van der Waals surface area contributed by atoms with Gasteiger partial charge in [-0.05, 0) is 12.5 Å². The van der Waals surface area contributed by atoms with Gasteiger partial charge in [0.05, 0.1) is 12.4 Å². The molecule has 3 N–H and O–H groups in total. The second-order valence-electron chi connectivity index (χ2n) is 4.45. The van der Waals surface area contributed by atoms with E-state index in [4.69, 9.17) is 10.5 Å². The number of benzene rings is 1. The number of ether oxygens (including phenoxy) is 1. The Labute approximate surface area is 142 Å². The van der Waals surface area contributed by atoms with Gasteiger partial charge in [-0.25, -0.2) is 4.98 Å². The highest BCUT2D eigenvalue weighted by Crippen LogP contribution is 2.23. The molecule has 1 aromatic carbocycles. The molecule has 0 atom stereocenters. The first kappa shape index (κ1) is 17.4. The van der Waals surface area contributed by atoms with Crippen LogP contribution in [-0.2, 0) is 15.3 Å². The van der Waals surface area contributed by atoms with Crippen LogP contribution in [0.4, 0.5) is 5.82 Å². The van der Waals surface area contributed by atoms with Crippen LogP contribution in [0, 0.1) is 0 Å². The number of H-pyrrole nitrogens is 1. The SMILES string of the molecule is CCOC(=O)CSc1c(N)nc(SCc2ccccc2)[nH]c1=O. The zero-order chi connectivity index (χ0) is 16.7. The third-order valence-electron chi connectivity index (χ3n) is 2.74. The Morgan fingerprint density at radius 1 is 1.30 bits per heavy atom. The second-order valence-corrected chi connectivity index (χ2v) is 6.40. The Bertz CT molecular complexity index is 720. The number of rotatable bonds is 7. The van der Waals surface area contributed by atoms with Gasteiger partial charge in [-0.1, -0.05) is 42.1 Å². The van der Waals surface area contributed by atoms with Gasteiger partial charge >= 0.3 is 5.97 Å². The maximum absolute atomic E-state index is 12.1. The normalized spacial score (nSPS) is 10.5. The Hall–Kier alpha value is -1.93. The molecule has 0 amide bonds. The predicted molar refractivity (Wildman–Crippen MR) is 92.6 cm³/mol. The Morgan fingerprint density at radius 2 is 2.04 bits per heavy atom. The number of nitrogens with two attached hydrogens (primary N) is 1. The summed E-state index contributed by atoms with van der Waals surface area (Å²) in [5, 5.41) is 0.455. The van der Waals surface area contributed by atoms with Gasteiger partial charge in [-0.15, -0.1) is 11.8 Å². The van der Waals surface area contributed by atoms with E-state index >= 15 is 0 Å². The van der Waals surface area contributed by atoms with Crippen molar-refractivity contribution in [1.82, 2.24) is 9.97 Å². The Kier molecular flexibility index (Phi) is 6.54. The molecule has 0 aliphatic carbocycles. The molecule has 8 heteroatoms. The molecule has 1 heterocycles. The highest BCUT2D eigenvalue weighted by atomic mass is 32.2. The van der Waals surface area contributed by atoms with Crippen LogP contribution >= 0.6 is 23.5 Å². The first-order valence-corrected chi connectivity index (χ1v) is 8.92. The van der Waals surface area contributed by atoms with Gasteiger partial charge in [0.15, 0.2) is 5.16 Å². The highest BCUT2D eigenvalue weighted by Gasteiger charge is 2.13. The van der Waals surface area contributed by atoms with Crippen molar-refractivity contribution in [3.05, 3.63) is 46.2 Å². The van der Waals surface area contributed by atoms with E-state index in [0.717, 1.165) is 17.3 Å². The lowest BCUT2D eigenvalue weighted by Crippen LogP contribution is -2.16. The second kappa shape index (κ2) is 8.64. The summed E-state index contributed by atoms with van der Waals surface area (Å²) in [7, 11) is 0. The summed E-state index contributed by atoms with van der Waals surface area (Å²) in [4.78, 5) is 30.5. The van der Waals surface area contributed by atoms with Crippen LogP contribution in [-0.4, -0.2) is 28.3 Å². The van der Waals surface area contributed by atoms with Crippen molar-refractivity contribution in [2.75, 3.05) is 18.1 Å². The van der Waals surface area contributed by atoms with Gasteiger partial charge in [-0.2, -0.15) is 0 Å². The minimum absolute atomic E-state index is 0.0271. The van der Waals surface area contributed by atoms with E-state index < -0.39 is 0 Å². The summed E-state index contributed by atoms with van der Waals surface area (Å²) in [5.41, 5.74) is 6.61. The van der Waals surface area contributed by atoms with Crippen molar-refractivity contribution in [1.29, 1.82) is 0 Å². The lowest BCUT2D eigenvalue weighted by Gasteiger charge is -2.06. The number of nitrogens with one attached hydrogen (secondary N) is 1. The molecule has 0 radical (unpaired) electrons. The molecule has 23 heavy (non-hydrogen) atoms. The standard InChI is InChI=1S/C15H17N3O3S2/c1-2-21-11(19)9-22-12-13(16)17-15(18-14(12)20)23-8-10-6-4-3-5-7-10/h3-7H,2,8-9H2,1H3,(H3,16,17,18,20). The van der Waals surface area contributed by atoms with Gasteiger partial charge in [0.2, 0.25) is 0 Å². The number of carbonyl (C=O) groups excluding carboxylic acids is 1. The van der Waals surface area contributed by atoms with Crippen molar-refractivity contribution >= 4 is 35.3 Å². The topological polar surface area (TPSA) is 98.1 Å². The van der Waals surface area contributed by atoms with Crippen LogP contribution in [0.3, 0.4) is 0 Å². The molecule has 0 fully saturated rings. The fraction of sp³-hybridized carbons (Fsp3) is 0.267. The molecule has 0 aliphatic rings. The summed E-state index contributed by atoms with van der Waals surface area (Å²) in [6, 6.07) is 9.85. The van der Waals surface area contributed by atoms with E-state index in [1.165, 1.54) is 11.8 Å². The molecule has 122 valence electrons. The Balaban J connectivity index is 2.02. The molecule has 0 saturated carbocycles. The van der Waals surface area contributed by atoms with E-state index in [-0.39, 0.29) is 28.0 Å².